The lowest BCUT2D eigenvalue weighted by Gasteiger charge is -2.05. The predicted molar refractivity (Wildman–Crippen MR) is 62.2 cm³/mol. The van der Waals surface area contributed by atoms with Crippen molar-refractivity contribution < 1.29 is 21.9 Å². The van der Waals surface area contributed by atoms with E-state index in [4.69, 9.17) is 5.11 Å². The van der Waals surface area contributed by atoms with E-state index in [9.17, 15) is 16.8 Å². The summed E-state index contributed by atoms with van der Waals surface area (Å²) in [5.41, 5.74) is 0. The van der Waals surface area contributed by atoms with Crippen molar-refractivity contribution in [3.8, 4) is 0 Å². The number of aliphatic hydroxyl groups is 1. The molecule has 0 amide bonds. The van der Waals surface area contributed by atoms with Crippen LogP contribution >= 0.6 is 0 Å². The number of aliphatic hydroxyl groups excluding tert-OH is 1. The smallest absolute Gasteiger partial charge is 0.226 e. The highest BCUT2D eigenvalue weighted by atomic mass is 32.3. The van der Waals surface area contributed by atoms with Gasteiger partial charge in [0, 0.05) is 19.4 Å². The van der Waals surface area contributed by atoms with Crippen LogP contribution in [0.3, 0.4) is 0 Å². The summed E-state index contributed by atoms with van der Waals surface area (Å²) in [5, 5.41) is 7.64. The molecule has 0 aliphatic heterocycles. The Morgan fingerprint density at radius 1 is 1.00 bits per heavy atom. The number of sulfonamides is 1. The zero-order valence-corrected chi connectivity index (χ0v) is 11.0. The van der Waals surface area contributed by atoms with E-state index in [1.54, 1.807) is 0 Å². The number of nitrogens with one attached hydrogen (secondary N) is 1. The van der Waals surface area contributed by atoms with Crippen molar-refractivity contribution in [2.45, 2.75) is 25.7 Å². The van der Waals surface area contributed by atoms with Crippen molar-refractivity contribution in [1.29, 1.82) is 0 Å². The van der Waals surface area contributed by atoms with Crippen LogP contribution in [0.25, 0.3) is 0 Å². The van der Waals surface area contributed by atoms with Crippen molar-refractivity contribution in [2.24, 2.45) is 0 Å². The van der Waals surface area contributed by atoms with Crippen LogP contribution in [0.15, 0.2) is 0 Å². The molecule has 0 atom stereocenters. The first kappa shape index (κ1) is 15.8. The zero-order chi connectivity index (χ0) is 12.7. The third-order valence-corrected chi connectivity index (χ3v) is 5.37. The molecule has 16 heavy (non-hydrogen) atoms. The average Bonchev–Trinajstić information content (AvgIpc) is 2.06. The fourth-order valence-corrected chi connectivity index (χ4v) is 4.18. The quantitative estimate of drug-likeness (QED) is 0.550. The van der Waals surface area contributed by atoms with Gasteiger partial charge in [-0.1, -0.05) is 12.8 Å². The van der Waals surface area contributed by atoms with Crippen LogP contribution in [-0.4, -0.2) is 46.4 Å². The lowest BCUT2D eigenvalue weighted by molar-refractivity contribution is 0.282. The molecule has 0 bridgehead atoms. The standard InChI is InChI=1S/C8H19NO5S2/c1-15(11,12)8-16(13,14)9-6-4-2-3-5-7-10/h9-10H,2-8H2,1H3. The highest BCUT2D eigenvalue weighted by Gasteiger charge is 2.16. The number of unbranched alkanes of at least 4 members (excludes halogenated alkanes) is 3. The molecule has 0 heterocycles. The summed E-state index contributed by atoms with van der Waals surface area (Å²) in [6, 6.07) is 0. The van der Waals surface area contributed by atoms with Gasteiger partial charge in [0.05, 0.1) is 0 Å². The molecule has 0 rings (SSSR count). The number of hydrogen-bond acceptors (Lipinski definition) is 5. The van der Waals surface area contributed by atoms with Crippen LogP contribution in [0, 0.1) is 0 Å². The highest BCUT2D eigenvalue weighted by Crippen LogP contribution is 1.99. The predicted octanol–water partition coefficient (Wildman–Crippen LogP) is -0.539. The molecule has 0 aromatic heterocycles. The lowest BCUT2D eigenvalue weighted by Crippen LogP contribution is -2.30. The van der Waals surface area contributed by atoms with Gasteiger partial charge in [0.1, 0.15) is 0 Å². The molecule has 0 aromatic carbocycles. The maximum atomic E-state index is 11.2. The first-order chi connectivity index (χ1) is 7.27. The molecule has 98 valence electrons. The first-order valence-corrected chi connectivity index (χ1v) is 8.74. The van der Waals surface area contributed by atoms with Gasteiger partial charge < -0.3 is 5.11 Å². The molecular formula is C8H19NO5S2. The number of sulfone groups is 1. The molecule has 0 saturated carbocycles. The van der Waals surface area contributed by atoms with Crippen LogP contribution < -0.4 is 4.72 Å². The zero-order valence-electron chi connectivity index (χ0n) is 9.35. The van der Waals surface area contributed by atoms with Gasteiger partial charge in [-0.3, -0.25) is 0 Å². The first-order valence-electron chi connectivity index (χ1n) is 5.03. The normalized spacial score (nSPS) is 12.9. The van der Waals surface area contributed by atoms with E-state index in [2.05, 4.69) is 4.72 Å². The Kier molecular flexibility index (Phi) is 7.12. The largest absolute Gasteiger partial charge is 0.396 e. The van der Waals surface area contributed by atoms with Crippen molar-refractivity contribution in [1.82, 2.24) is 4.72 Å². The summed E-state index contributed by atoms with van der Waals surface area (Å²) in [6.45, 7) is 0.378. The molecular weight excluding hydrogens is 254 g/mol. The second-order valence-corrected chi connectivity index (χ2v) is 8.00. The van der Waals surface area contributed by atoms with Crippen LogP contribution in [0.4, 0.5) is 0 Å². The van der Waals surface area contributed by atoms with Gasteiger partial charge in [-0.15, -0.1) is 0 Å². The molecule has 0 spiro atoms. The molecule has 8 heteroatoms. The molecule has 0 aliphatic rings. The van der Waals surface area contributed by atoms with E-state index in [0.717, 1.165) is 19.1 Å². The second-order valence-electron chi connectivity index (χ2n) is 3.69. The van der Waals surface area contributed by atoms with Crippen molar-refractivity contribution in [3.63, 3.8) is 0 Å². The Balaban J connectivity index is 3.76. The minimum absolute atomic E-state index is 0.139. The Labute approximate surface area is 97.0 Å². The van der Waals surface area contributed by atoms with Gasteiger partial charge in [-0.05, 0) is 12.8 Å². The van der Waals surface area contributed by atoms with E-state index in [-0.39, 0.29) is 13.2 Å². The van der Waals surface area contributed by atoms with Gasteiger partial charge in [0.15, 0.2) is 14.9 Å². The van der Waals surface area contributed by atoms with E-state index in [1.807, 2.05) is 0 Å². The Bertz CT molecular complexity index is 373. The van der Waals surface area contributed by atoms with Crippen LogP contribution in [0.2, 0.25) is 0 Å². The van der Waals surface area contributed by atoms with Crippen LogP contribution in [0.1, 0.15) is 25.7 Å². The van der Waals surface area contributed by atoms with Crippen molar-refractivity contribution >= 4 is 19.9 Å². The Morgan fingerprint density at radius 2 is 1.56 bits per heavy atom. The van der Waals surface area contributed by atoms with Gasteiger partial charge >= 0.3 is 0 Å². The van der Waals surface area contributed by atoms with E-state index >= 15 is 0 Å². The Morgan fingerprint density at radius 3 is 2.06 bits per heavy atom. The minimum Gasteiger partial charge on any atom is -0.396 e. The van der Waals surface area contributed by atoms with Crippen LogP contribution in [0.5, 0.6) is 0 Å². The minimum atomic E-state index is -3.72. The fraction of sp³-hybridized carbons (Fsp3) is 1.00. The molecule has 0 aromatic rings. The summed E-state index contributed by atoms with van der Waals surface area (Å²) in [7, 11) is -7.24. The monoisotopic (exact) mass is 273 g/mol. The summed E-state index contributed by atoms with van der Waals surface area (Å²) in [5.74, 6) is 0. The number of rotatable bonds is 9. The highest BCUT2D eigenvalue weighted by molar-refractivity contribution is 8.06. The van der Waals surface area contributed by atoms with Crippen LogP contribution in [-0.2, 0) is 19.9 Å². The molecule has 6 nitrogen and oxygen atoms in total. The second kappa shape index (κ2) is 7.21. The molecule has 2 N–H and O–H groups in total. The van der Waals surface area contributed by atoms with Gasteiger partial charge in [0.25, 0.3) is 0 Å². The summed E-state index contributed by atoms with van der Waals surface area (Å²) in [4.78, 5) is 0. The van der Waals surface area contributed by atoms with E-state index in [0.29, 0.717) is 12.8 Å². The molecule has 0 radical (unpaired) electrons. The van der Waals surface area contributed by atoms with Gasteiger partial charge in [-0.2, -0.15) is 0 Å². The SMILES string of the molecule is CS(=O)(=O)CS(=O)(=O)NCCCCCCO. The molecule has 0 fully saturated rings. The summed E-state index contributed by atoms with van der Waals surface area (Å²) in [6.07, 6.45) is 3.87. The molecule has 0 saturated heterocycles. The topological polar surface area (TPSA) is 101 Å². The third-order valence-electron chi connectivity index (χ3n) is 1.78. The number of hydrogen-bond donors (Lipinski definition) is 2. The summed E-state index contributed by atoms with van der Waals surface area (Å²) >= 11 is 0. The third kappa shape index (κ3) is 10.3. The van der Waals surface area contributed by atoms with Gasteiger partial charge in [0.2, 0.25) is 10.0 Å². The molecule has 0 aliphatic carbocycles. The molecule has 0 unspecified atom stereocenters. The van der Waals surface area contributed by atoms with Gasteiger partial charge in [-0.25, -0.2) is 21.6 Å². The van der Waals surface area contributed by atoms with E-state index in [1.165, 1.54) is 0 Å². The van der Waals surface area contributed by atoms with E-state index < -0.39 is 24.9 Å². The summed E-state index contributed by atoms with van der Waals surface area (Å²) < 4.78 is 46.2. The maximum Gasteiger partial charge on any atom is 0.226 e. The van der Waals surface area contributed by atoms with Crippen molar-refractivity contribution in [3.05, 3.63) is 0 Å². The fourth-order valence-electron chi connectivity index (χ4n) is 1.14. The Hall–Kier alpha value is -0.180. The lowest BCUT2D eigenvalue weighted by atomic mass is 10.2. The average molecular weight is 273 g/mol. The maximum absolute atomic E-state index is 11.2. The van der Waals surface area contributed by atoms with Crippen molar-refractivity contribution in [2.75, 3.05) is 24.5 Å².